The van der Waals surface area contributed by atoms with Gasteiger partial charge in [-0.05, 0) is 12.1 Å². The Balaban J connectivity index is 1.45. The van der Waals surface area contributed by atoms with Crippen LogP contribution in [0.4, 0.5) is 0 Å². The van der Waals surface area contributed by atoms with Gasteiger partial charge in [0.05, 0.1) is 17.7 Å². The fourth-order valence-corrected chi connectivity index (χ4v) is 4.20. The molecule has 0 fully saturated rings. The smallest absolute Gasteiger partial charge is 0.332 e. The van der Waals surface area contributed by atoms with Crippen LogP contribution in [-0.2, 0) is 32.0 Å². The number of fused-ring (bicyclic) bond motifs is 1. The number of hydrogen-bond acceptors (Lipinski definition) is 5. The van der Waals surface area contributed by atoms with Crippen molar-refractivity contribution in [2.75, 3.05) is 7.05 Å². The normalized spacial score (nSPS) is 11.2. The van der Waals surface area contributed by atoms with Crippen LogP contribution >= 0.6 is 0 Å². The number of carbonyl (C=O) groups excluding carboxylic acids is 1. The van der Waals surface area contributed by atoms with Crippen molar-refractivity contribution in [3.8, 4) is 16.9 Å². The highest BCUT2D eigenvalue weighted by Crippen LogP contribution is 2.25. The van der Waals surface area contributed by atoms with E-state index in [-0.39, 0.29) is 23.6 Å². The van der Waals surface area contributed by atoms with Crippen LogP contribution in [0.1, 0.15) is 5.56 Å². The number of likely N-dealkylation sites (N-methyl/N-ethyl adjacent to an activating group) is 1. The number of hydrogen-bond donors (Lipinski definition) is 0. The largest absolute Gasteiger partial charge is 0.340 e. The van der Waals surface area contributed by atoms with Crippen molar-refractivity contribution in [3.05, 3.63) is 99.6 Å². The van der Waals surface area contributed by atoms with Gasteiger partial charge in [0.25, 0.3) is 5.56 Å². The Morgan fingerprint density at radius 3 is 2.31 bits per heavy atom. The molecule has 0 aliphatic rings. The van der Waals surface area contributed by atoms with E-state index in [2.05, 4.69) is 4.98 Å². The van der Waals surface area contributed by atoms with Crippen LogP contribution in [-0.4, -0.2) is 46.3 Å². The van der Waals surface area contributed by atoms with Crippen LogP contribution in [0.3, 0.4) is 0 Å². The fourth-order valence-electron chi connectivity index (χ4n) is 4.20. The predicted molar refractivity (Wildman–Crippen MR) is 136 cm³/mol. The molecule has 2 aromatic carbocycles. The maximum absolute atomic E-state index is 13.2. The standard InChI is InChI=1S/C26H25N7O3/c1-29(21(34)16-32-17-27-24-23(32)25(35)31(3)26(36)30(24)2)14-19-15-33(20-12-8-5-9-13-20)28-22(19)18-10-6-4-7-11-18/h4-13,15,17H,14,16H2,1-3H3. The van der Waals surface area contributed by atoms with E-state index in [9.17, 15) is 14.4 Å². The molecule has 36 heavy (non-hydrogen) atoms. The van der Waals surface area contributed by atoms with E-state index < -0.39 is 11.2 Å². The monoisotopic (exact) mass is 483 g/mol. The average molecular weight is 484 g/mol. The van der Waals surface area contributed by atoms with Crippen molar-refractivity contribution in [3.63, 3.8) is 0 Å². The zero-order chi connectivity index (χ0) is 25.4. The highest BCUT2D eigenvalue weighted by molar-refractivity contribution is 5.79. The second kappa shape index (κ2) is 9.14. The van der Waals surface area contributed by atoms with Crippen LogP contribution in [0.25, 0.3) is 28.1 Å². The van der Waals surface area contributed by atoms with E-state index in [1.54, 1.807) is 19.0 Å². The average Bonchev–Trinajstić information content (AvgIpc) is 3.52. The molecule has 10 heteroatoms. The molecule has 0 aliphatic carbocycles. The van der Waals surface area contributed by atoms with E-state index >= 15 is 0 Å². The van der Waals surface area contributed by atoms with Gasteiger partial charge < -0.3 is 9.47 Å². The summed E-state index contributed by atoms with van der Waals surface area (Å²) in [5.74, 6) is -0.211. The minimum absolute atomic E-state index is 0.0893. The zero-order valence-electron chi connectivity index (χ0n) is 20.2. The summed E-state index contributed by atoms with van der Waals surface area (Å²) in [6, 6.07) is 19.6. The molecule has 1 amide bonds. The highest BCUT2D eigenvalue weighted by Gasteiger charge is 2.20. The number of para-hydroxylation sites is 1. The van der Waals surface area contributed by atoms with Gasteiger partial charge in [-0.15, -0.1) is 0 Å². The Kier molecular flexibility index (Phi) is 5.85. The van der Waals surface area contributed by atoms with Crippen molar-refractivity contribution >= 4 is 17.1 Å². The molecule has 5 aromatic rings. The lowest BCUT2D eigenvalue weighted by atomic mass is 10.1. The third-order valence-corrected chi connectivity index (χ3v) is 6.21. The van der Waals surface area contributed by atoms with Gasteiger partial charge in [0.15, 0.2) is 11.2 Å². The Hall–Kier alpha value is -4.73. The highest BCUT2D eigenvalue weighted by atomic mass is 16.2. The molecular weight excluding hydrogens is 458 g/mol. The molecule has 10 nitrogen and oxygen atoms in total. The van der Waals surface area contributed by atoms with E-state index in [1.807, 2.05) is 71.5 Å². The van der Waals surface area contributed by atoms with Gasteiger partial charge in [-0.1, -0.05) is 48.5 Å². The zero-order valence-corrected chi connectivity index (χ0v) is 20.2. The molecule has 5 rings (SSSR count). The van der Waals surface area contributed by atoms with Gasteiger partial charge in [0, 0.05) is 45.0 Å². The summed E-state index contributed by atoms with van der Waals surface area (Å²) in [6.45, 7) is 0.229. The van der Waals surface area contributed by atoms with Gasteiger partial charge in [-0.25, -0.2) is 14.5 Å². The van der Waals surface area contributed by atoms with Crippen LogP contribution in [0.2, 0.25) is 0 Å². The summed E-state index contributed by atoms with van der Waals surface area (Å²) in [4.78, 5) is 43.9. The van der Waals surface area contributed by atoms with Crippen LogP contribution in [0, 0.1) is 0 Å². The molecule has 0 atom stereocenters. The molecule has 0 aliphatic heterocycles. The Bertz CT molecular complexity index is 1680. The summed E-state index contributed by atoms with van der Waals surface area (Å²) < 4.78 is 5.61. The molecular formula is C26H25N7O3. The van der Waals surface area contributed by atoms with Crippen molar-refractivity contribution in [1.29, 1.82) is 0 Å². The second-order valence-electron chi connectivity index (χ2n) is 8.65. The van der Waals surface area contributed by atoms with Crippen molar-refractivity contribution in [1.82, 2.24) is 33.4 Å². The summed E-state index contributed by atoms with van der Waals surface area (Å²) in [5, 5.41) is 4.81. The quantitative estimate of drug-likeness (QED) is 0.368. The topological polar surface area (TPSA) is 100.0 Å². The number of carbonyl (C=O) groups is 1. The molecule has 0 unspecified atom stereocenters. The second-order valence-corrected chi connectivity index (χ2v) is 8.65. The van der Waals surface area contributed by atoms with Crippen LogP contribution in [0.5, 0.6) is 0 Å². The lowest BCUT2D eigenvalue weighted by Crippen LogP contribution is -2.38. The number of nitrogens with zero attached hydrogens (tertiary/aromatic N) is 7. The van der Waals surface area contributed by atoms with Crippen molar-refractivity contribution in [2.24, 2.45) is 14.1 Å². The first-order valence-corrected chi connectivity index (χ1v) is 11.4. The minimum atomic E-state index is -0.489. The lowest BCUT2D eigenvalue weighted by Gasteiger charge is -2.17. The Morgan fingerprint density at radius 2 is 1.61 bits per heavy atom. The minimum Gasteiger partial charge on any atom is -0.340 e. The Morgan fingerprint density at radius 1 is 0.944 bits per heavy atom. The molecule has 0 saturated heterocycles. The molecule has 0 N–H and O–H groups in total. The first-order valence-electron chi connectivity index (χ1n) is 11.4. The van der Waals surface area contributed by atoms with Gasteiger partial charge in [0.2, 0.25) is 5.91 Å². The van der Waals surface area contributed by atoms with Gasteiger partial charge in [0.1, 0.15) is 6.54 Å². The molecule has 0 bridgehead atoms. The maximum atomic E-state index is 13.2. The van der Waals surface area contributed by atoms with E-state index in [0.29, 0.717) is 6.54 Å². The summed E-state index contributed by atoms with van der Waals surface area (Å²) >= 11 is 0. The third-order valence-electron chi connectivity index (χ3n) is 6.21. The third kappa shape index (κ3) is 4.02. The molecule has 0 saturated carbocycles. The first kappa shape index (κ1) is 23.0. The van der Waals surface area contributed by atoms with Crippen molar-refractivity contribution in [2.45, 2.75) is 13.1 Å². The molecule has 0 radical (unpaired) electrons. The van der Waals surface area contributed by atoms with Crippen molar-refractivity contribution < 1.29 is 4.79 Å². The van der Waals surface area contributed by atoms with Crippen LogP contribution in [0.15, 0.2) is 82.8 Å². The maximum Gasteiger partial charge on any atom is 0.332 e. The lowest BCUT2D eigenvalue weighted by molar-refractivity contribution is -0.131. The fraction of sp³-hybridized carbons (Fsp3) is 0.192. The number of imidazole rings is 1. The van der Waals surface area contributed by atoms with E-state index in [0.717, 1.165) is 27.1 Å². The SMILES string of the molecule is CN(Cc1cn(-c2ccccc2)nc1-c1ccccc1)C(=O)Cn1cnc2c1c(=O)n(C)c(=O)n2C. The number of benzene rings is 2. The summed E-state index contributed by atoms with van der Waals surface area (Å²) in [5.41, 5.74) is 3.04. The number of amides is 1. The van der Waals surface area contributed by atoms with Gasteiger partial charge >= 0.3 is 5.69 Å². The summed E-state index contributed by atoms with van der Waals surface area (Å²) in [7, 11) is 4.67. The Labute approximate surface area is 206 Å². The number of rotatable bonds is 6. The number of aromatic nitrogens is 6. The number of aryl methyl sites for hydroxylation is 1. The van der Waals surface area contributed by atoms with Gasteiger partial charge in [-0.2, -0.15) is 5.10 Å². The molecule has 3 heterocycles. The molecule has 3 aromatic heterocycles. The van der Waals surface area contributed by atoms with Gasteiger partial charge in [-0.3, -0.25) is 18.7 Å². The molecule has 182 valence electrons. The molecule has 0 spiro atoms. The van der Waals surface area contributed by atoms with Crippen LogP contribution < -0.4 is 11.2 Å². The summed E-state index contributed by atoms with van der Waals surface area (Å²) in [6.07, 6.45) is 3.35. The van der Waals surface area contributed by atoms with E-state index in [4.69, 9.17) is 5.10 Å². The predicted octanol–water partition coefficient (Wildman–Crippen LogP) is 1.94. The first-order chi connectivity index (χ1) is 17.3. The van der Waals surface area contributed by atoms with E-state index in [1.165, 1.54) is 22.5 Å².